The first-order valence-corrected chi connectivity index (χ1v) is 7.20. The molecule has 0 spiro atoms. The van der Waals surface area contributed by atoms with Crippen LogP contribution < -0.4 is 15.6 Å². The molecular weight excluding hydrogens is 272 g/mol. The smallest absolute Gasteiger partial charge is 0.185 e. The van der Waals surface area contributed by atoms with Gasteiger partial charge in [-0.1, -0.05) is 12.1 Å². The van der Waals surface area contributed by atoms with Gasteiger partial charge in [0.2, 0.25) is 0 Å². The Morgan fingerprint density at radius 2 is 2.05 bits per heavy atom. The Balaban J connectivity index is 1.88. The Kier molecular flexibility index (Phi) is 5.05. The van der Waals surface area contributed by atoms with Crippen molar-refractivity contribution >= 4 is 28.8 Å². The Labute approximate surface area is 124 Å². The predicted octanol–water partition coefficient (Wildman–Crippen LogP) is -0.0791. The molecule has 0 atom stereocenters. The largest absolute Gasteiger partial charge is 0.335 e. The second-order valence-electron chi connectivity index (χ2n) is 5.15. The molecule has 0 radical (unpaired) electrons. The zero-order chi connectivity index (χ0) is 14.5. The predicted molar refractivity (Wildman–Crippen MR) is 84.0 cm³/mol. The molecule has 1 aliphatic heterocycles. The number of carbonyl (C=O) groups excluding carboxylic acids is 1. The minimum absolute atomic E-state index is 0.0505. The molecule has 20 heavy (non-hydrogen) atoms. The van der Waals surface area contributed by atoms with Crippen molar-refractivity contribution in [2.45, 2.75) is 6.92 Å². The van der Waals surface area contributed by atoms with Crippen molar-refractivity contribution in [1.82, 2.24) is 10.4 Å². The van der Waals surface area contributed by atoms with Gasteiger partial charge < -0.3 is 10.2 Å². The fourth-order valence-electron chi connectivity index (χ4n) is 2.12. The van der Waals surface area contributed by atoms with E-state index in [0.717, 1.165) is 31.9 Å². The number of Topliss-reactive ketones (excluding diaryl/α,β-unsaturated/α-hetero) is 1. The molecule has 1 saturated heterocycles. The van der Waals surface area contributed by atoms with Crippen molar-refractivity contribution < 1.29 is 9.69 Å². The molecule has 5 nitrogen and oxygen atoms in total. The van der Waals surface area contributed by atoms with E-state index >= 15 is 0 Å². The molecule has 0 bridgehead atoms. The molecular formula is C14H21N4OS+. The zero-order valence-electron chi connectivity index (χ0n) is 11.9. The van der Waals surface area contributed by atoms with E-state index in [2.05, 4.69) is 22.8 Å². The summed E-state index contributed by atoms with van der Waals surface area (Å²) in [6.07, 6.45) is 0. The van der Waals surface area contributed by atoms with Gasteiger partial charge in [-0.25, -0.2) is 5.01 Å². The van der Waals surface area contributed by atoms with Gasteiger partial charge in [-0.15, -0.1) is 0 Å². The molecule has 0 aliphatic carbocycles. The highest BCUT2D eigenvalue weighted by atomic mass is 32.1. The molecule has 1 aliphatic rings. The lowest BCUT2D eigenvalue weighted by Crippen LogP contribution is -3.12. The summed E-state index contributed by atoms with van der Waals surface area (Å²) in [7, 11) is 2.20. The van der Waals surface area contributed by atoms with Gasteiger partial charge in [0.05, 0.1) is 33.2 Å². The van der Waals surface area contributed by atoms with E-state index < -0.39 is 0 Å². The molecule has 1 fully saturated rings. The topological polar surface area (TPSA) is 48.8 Å². The standard InChI is InChI=1S/C14H20N4OS/c1-11(19)12-4-3-5-13(10-12)15-14(20)16-18-8-6-17(2)7-9-18/h3-5,10H,6-9H2,1-2H3,(H2,15,16,20)/p+1. The van der Waals surface area contributed by atoms with E-state index in [-0.39, 0.29) is 5.78 Å². The summed E-state index contributed by atoms with van der Waals surface area (Å²) in [4.78, 5) is 12.9. The number of hydrogen-bond acceptors (Lipinski definition) is 3. The normalized spacial score (nSPS) is 16.7. The lowest BCUT2D eigenvalue weighted by atomic mass is 10.1. The number of rotatable bonds is 3. The molecule has 1 heterocycles. The number of hydrazine groups is 1. The maximum absolute atomic E-state index is 11.3. The Morgan fingerprint density at radius 1 is 1.35 bits per heavy atom. The summed E-state index contributed by atoms with van der Waals surface area (Å²) < 4.78 is 0. The van der Waals surface area contributed by atoms with Crippen molar-refractivity contribution in [3.05, 3.63) is 29.8 Å². The fourth-order valence-corrected chi connectivity index (χ4v) is 2.37. The average molecular weight is 293 g/mol. The highest BCUT2D eigenvalue weighted by Crippen LogP contribution is 2.11. The summed E-state index contributed by atoms with van der Waals surface area (Å²) in [6, 6.07) is 7.35. The Morgan fingerprint density at radius 3 is 2.70 bits per heavy atom. The number of benzene rings is 1. The Hall–Kier alpha value is -1.50. The Bertz CT molecular complexity index is 498. The van der Waals surface area contributed by atoms with E-state index in [1.54, 1.807) is 13.0 Å². The molecule has 0 unspecified atom stereocenters. The molecule has 0 saturated carbocycles. The summed E-state index contributed by atoms with van der Waals surface area (Å²) in [5, 5.41) is 5.80. The van der Waals surface area contributed by atoms with Gasteiger partial charge in [0.25, 0.3) is 0 Å². The number of quaternary nitrogens is 1. The number of nitrogens with zero attached hydrogens (tertiary/aromatic N) is 1. The second kappa shape index (κ2) is 6.78. The maximum Gasteiger partial charge on any atom is 0.185 e. The van der Waals surface area contributed by atoms with Crippen molar-refractivity contribution in [3.8, 4) is 0 Å². The number of piperazine rings is 1. The van der Waals surface area contributed by atoms with Crippen molar-refractivity contribution in [3.63, 3.8) is 0 Å². The van der Waals surface area contributed by atoms with Gasteiger partial charge in [-0.05, 0) is 31.3 Å². The summed E-state index contributed by atoms with van der Waals surface area (Å²) in [5.74, 6) is 0.0505. The van der Waals surface area contributed by atoms with Crippen LogP contribution in [0.5, 0.6) is 0 Å². The van der Waals surface area contributed by atoms with Gasteiger partial charge in [-0.2, -0.15) is 0 Å². The third kappa shape index (κ3) is 4.26. The number of carbonyl (C=O) groups is 1. The van der Waals surface area contributed by atoms with Crippen molar-refractivity contribution in [2.75, 3.05) is 38.5 Å². The van der Waals surface area contributed by atoms with Crippen LogP contribution in [-0.4, -0.2) is 49.1 Å². The average Bonchev–Trinajstić information content (AvgIpc) is 2.41. The van der Waals surface area contributed by atoms with Crippen LogP contribution >= 0.6 is 12.2 Å². The van der Waals surface area contributed by atoms with Crippen molar-refractivity contribution in [2.24, 2.45) is 0 Å². The van der Waals surface area contributed by atoms with E-state index in [1.165, 1.54) is 4.90 Å². The first-order valence-electron chi connectivity index (χ1n) is 6.79. The zero-order valence-corrected chi connectivity index (χ0v) is 12.7. The first kappa shape index (κ1) is 14.9. The highest BCUT2D eigenvalue weighted by molar-refractivity contribution is 7.80. The van der Waals surface area contributed by atoms with Crippen LogP contribution in [0.4, 0.5) is 5.69 Å². The summed E-state index contributed by atoms with van der Waals surface area (Å²) >= 11 is 5.30. The molecule has 108 valence electrons. The van der Waals surface area contributed by atoms with Gasteiger partial charge in [0, 0.05) is 11.3 Å². The molecule has 0 aromatic heterocycles. The number of ketones is 1. The second-order valence-corrected chi connectivity index (χ2v) is 5.56. The summed E-state index contributed by atoms with van der Waals surface area (Å²) in [5.41, 5.74) is 4.70. The molecule has 2 rings (SSSR count). The lowest BCUT2D eigenvalue weighted by Gasteiger charge is -2.31. The maximum atomic E-state index is 11.3. The van der Waals surface area contributed by atoms with Crippen LogP contribution in [0.2, 0.25) is 0 Å². The molecule has 3 N–H and O–H groups in total. The number of hydrogen-bond donors (Lipinski definition) is 3. The molecule has 1 aromatic carbocycles. The lowest BCUT2D eigenvalue weighted by molar-refractivity contribution is -0.884. The number of anilines is 1. The van der Waals surface area contributed by atoms with Crippen LogP contribution in [0.1, 0.15) is 17.3 Å². The SMILES string of the molecule is CC(=O)c1cccc(NC(=S)NN2CC[NH+](C)CC2)c1. The van der Waals surface area contributed by atoms with Gasteiger partial charge in [0.1, 0.15) is 0 Å². The fraction of sp³-hybridized carbons (Fsp3) is 0.429. The molecule has 1 aromatic rings. The van der Waals surface area contributed by atoms with Gasteiger partial charge in [0.15, 0.2) is 10.9 Å². The van der Waals surface area contributed by atoms with E-state index in [4.69, 9.17) is 12.2 Å². The van der Waals surface area contributed by atoms with Crippen molar-refractivity contribution in [1.29, 1.82) is 0 Å². The van der Waals surface area contributed by atoms with Crippen LogP contribution in [0, 0.1) is 0 Å². The van der Waals surface area contributed by atoms with Crippen LogP contribution in [0.15, 0.2) is 24.3 Å². The molecule has 6 heteroatoms. The third-order valence-corrected chi connectivity index (χ3v) is 3.60. The summed E-state index contributed by atoms with van der Waals surface area (Å²) in [6.45, 7) is 5.72. The minimum Gasteiger partial charge on any atom is -0.335 e. The first-order chi connectivity index (χ1) is 9.54. The number of likely N-dealkylation sites (N-methyl/N-ethyl adjacent to an activating group) is 1. The quantitative estimate of drug-likeness (QED) is 0.538. The third-order valence-electron chi connectivity index (χ3n) is 3.40. The highest BCUT2D eigenvalue weighted by Gasteiger charge is 2.16. The minimum atomic E-state index is 0.0505. The van der Waals surface area contributed by atoms with Crippen LogP contribution in [0.25, 0.3) is 0 Å². The van der Waals surface area contributed by atoms with Gasteiger partial charge in [-0.3, -0.25) is 10.2 Å². The number of nitrogens with one attached hydrogen (secondary N) is 3. The van der Waals surface area contributed by atoms with Crippen LogP contribution in [-0.2, 0) is 0 Å². The molecule has 0 amide bonds. The van der Waals surface area contributed by atoms with Gasteiger partial charge >= 0.3 is 0 Å². The monoisotopic (exact) mass is 293 g/mol. The number of thiocarbonyl (C=S) groups is 1. The van der Waals surface area contributed by atoms with E-state index in [9.17, 15) is 4.79 Å². The van der Waals surface area contributed by atoms with Crippen LogP contribution in [0.3, 0.4) is 0 Å². The van der Waals surface area contributed by atoms with E-state index in [0.29, 0.717) is 10.7 Å². The van der Waals surface area contributed by atoms with E-state index in [1.807, 2.05) is 18.2 Å².